The van der Waals surface area contributed by atoms with Gasteiger partial charge in [-0.3, -0.25) is 9.79 Å². The first kappa shape index (κ1) is 23.4. The van der Waals surface area contributed by atoms with Crippen molar-refractivity contribution in [2.45, 2.75) is 45.1 Å². The minimum atomic E-state index is 0.217. The number of nitrogens with one attached hydrogen (secondary N) is 2. The van der Waals surface area contributed by atoms with E-state index < -0.39 is 0 Å². The van der Waals surface area contributed by atoms with Crippen molar-refractivity contribution >= 4 is 17.6 Å². The number of para-hydroxylation sites is 1. The summed E-state index contributed by atoms with van der Waals surface area (Å²) in [6.07, 6.45) is 5.63. The topological polar surface area (TPSA) is 63.2 Å². The molecule has 1 atom stereocenters. The summed E-state index contributed by atoms with van der Waals surface area (Å²) in [5.41, 5.74) is 1.24. The fourth-order valence-electron chi connectivity index (χ4n) is 4.50. The van der Waals surface area contributed by atoms with E-state index in [4.69, 9.17) is 0 Å². The van der Waals surface area contributed by atoms with Crippen LogP contribution in [0, 0.1) is 0 Å². The van der Waals surface area contributed by atoms with Crippen molar-refractivity contribution in [2.24, 2.45) is 4.99 Å². The minimum absolute atomic E-state index is 0.217. The molecule has 7 nitrogen and oxygen atoms in total. The molecule has 0 aromatic heterocycles. The number of anilines is 1. The number of hydrogen-bond donors (Lipinski definition) is 2. The summed E-state index contributed by atoms with van der Waals surface area (Å²) >= 11 is 0. The van der Waals surface area contributed by atoms with E-state index in [1.807, 2.05) is 11.0 Å². The summed E-state index contributed by atoms with van der Waals surface area (Å²) in [6, 6.07) is 11.1. The van der Waals surface area contributed by atoms with Crippen molar-refractivity contribution < 1.29 is 4.79 Å². The van der Waals surface area contributed by atoms with E-state index in [1.165, 1.54) is 31.5 Å². The largest absolute Gasteiger partial charge is 0.368 e. The van der Waals surface area contributed by atoms with E-state index in [2.05, 4.69) is 56.6 Å². The van der Waals surface area contributed by atoms with Crippen LogP contribution in [0.25, 0.3) is 0 Å². The minimum Gasteiger partial charge on any atom is -0.368 e. The summed E-state index contributed by atoms with van der Waals surface area (Å²) in [5, 5.41) is 6.67. The van der Waals surface area contributed by atoms with Crippen molar-refractivity contribution in [3.05, 3.63) is 30.3 Å². The van der Waals surface area contributed by atoms with Crippen LogP contribution in [0.15, 0.2) is 35.3 Å². The van der Waals surface area contributed by atoms with Gasteiger partial charge < -0.3 is 25.3 Å². The second kappa shape index (κ2) is 12.5. The number of carbonyl (C=O) groups excluding carboxylic acids is 1. The first-order valence-corrected chi connectivity index (χ1v) is 11.9. The van der Waals surface area contributed by atoms with Gasteiger partial charge in [-0.2, -0.15) is 0 Å². The highest BCUT2D eigenvalue weighted by Gasteiger charge is 2.21. The van der Waals surface area contributed by atoms with Crippen LogP contribution >= 0.6 is 0 Å². The molecule has 172 valence electrons. The second-order valence-electron chi connectivity index (χ2n) is 8.61. The van der Waals surface area contributed by atoms with E-state index in [9.17, 15) is 4.79 Å². The Balaban J connectivity index is 1.27. The zero-order valence-corrected chi connectivity index (χ0v) is 19.4. The average molecular weight is 429 g/mol. The first-order valence-electron chi connectivity index (χ1n) is 11.9. The molecule has 0 spiro atoms. The molecule has 1 aromatic carbocycles. The number of piperazine rings is 1. The Kier molecular flexibility index (Phi) is 9.46. The predicted molar refractivity (Wildman–Crippen MR) is 129 cm³/mol. The third-order valence-corrected chi connectivity index (χ3v) is 6.46. The summed E-state index contributed by atoms with van der Waals surface area (Å²) in [6.45, 7) is 9.58. The molecule has 3 rings (SSSR count). The van der Waals surface area contributed by atoms with Gasteiger partial charge in [0.2, 0.25) is 5.91 Å². The van der Waals surface area contributed by atoms with E-state index in [-0.39, 0.29) is 5.91 Å². The highest BCUT2D eigenvalue weighted by Crippen LogP contribution is 2.16. The van der Waals surface area contributed by atoms with Gasteiger partial charge in [0.25, 0.3) is 0 Å². The first-order chi connectivity index (χ1) is 15.2. The predicted octanol–water partition coefficient (Wildman–Crippen LogP) is 2.15. The summed E-state index contributed by atoms with van der Waals surface area (Å²) in [5.74, 6) is 1.00. The van der Waals surface area contributed by atoms with Crippen LogP contribution in [0.5, 0.6) is 0 Å². The highest BCUT2D eigenvalue weighted by atomic mass is 16.2. The quantitative estimate of drug-likeness (QED) is 0.377. The SMILES string of the molecule is CN=C(NCCCN1CCCCC1C)NCCC(=O)N1CCN(c2ccccc2)CC1. The number of benzene rings is 1. The van der Waals surface area contributed by atoms with Crippen molar-refractivity contribution in [2.75, 3.05) is 64.3 Å². The zero-order chi connectivity index (χ0) is 21.9. The lowest BCUT2D eigenvalue weighted by molar-refractivity contribution is -0.131. The average Bonchev–Trinajstić information content (AvgIpc) is 2.82. The van der Waals surface area contributed by atoms with Crippen LogP contribution in [0.1, 0.15) is 39.0 Å². The van der Waals surface area contributed by atoms with Crippen LogP contribution in [0.3, 0.4) is 0 Å². The lowest BCUT2D eigenvalue weighted by atomic mass is 10.0. The number of carbonyl (C=O) groups is 1. The van der Waals surface area contributed by atoms with Crippen LogP contribution < -0.4 is 15.5 Å². The normalized spacial score (nSPS) is 20.6. The summed E-state index contributed by atoms with van der Waals surface area (Å²) < 4.78 is 0. The van der Waals surface area contributed by atoms with Gasteiger partial charge in [0, 0.05) is 71.0 Å². The molecule has 0 aliphatic carbocycles. The standard InChI is InChI=1S/C24H40N6O/c1-21-9-6-7-15-28(21)16-8-13-26-24(25-2)27-14-12-23(31)30-19-17-29(18-20-30)22-10-4-3-5-11-22/h3-5,10-11,21H,6-9,12-20H2,1-2H3,(H2,25,26,27). The molecule has 0 radical (unpaired) electrons. The third-order valence-electron chi connectivity index (χ3n) is 6.46. The van der Waals surface area contributed by atoms with Gasteiger partial charge >= 0.3 is 0 Å². The Bertz CT molecular complexity index is 687. The van der Waals surface area contributed by atoms with Gasteiger partial charge in [-0.25, -0.2) is 0 Å². The molecule has 0 bridgehead atoms. The maximum atomic E-state index is 12.6. The van der Waals surface area contributed by atoms with E-state index >= 15 is 0 Å². The molecule has 0 saturated carbocycles. The monoisotopic (exact) mass is 428 g/mol. The molecule has 2 aliphatic heterocycles. The van der Waals surface area contributed by atoms with Gasteiger partial charge in [0.15, 0.2) is 5.96 Å². The highest BCUT2D eigenvalue weighted by molar-refractivity contribution is 5.81. The molecular formula is C24H40N6O. The molecule has 31 heavy (non-hydrogen) atoms. The van der Waals surface area contributed by atoms with Crippen molar-refractivity contribution in [1.29, 1.82) is 0 Å². The van der Waals surface area contributed by atoms with Crippen molar-refractivity contribution in [3.8, 4) is 0 Å². The van der Waals surface area contributed by atoms with Crippen molar-refractivity contribution in [3.63, 3.8) is 0 Å². The van der Waals surface area contributed by atoms with Crippen LogP contribution in [0.4, 0.5) is 5.69 Å². The lowest BCUT2D eigenvalue weighted by Crippen LogP contribution is -2.49. The number of piperidine rings is 1. The number of nitrogens with zero attached hydrogens (tertiary/aromatic N) is 4. The maximum absolute atomic E-state index is 12.6. The van der Waals surface area contributed by atoms with Crippen molar-refractivity contribution in [1.82, 2.24) is 20.4 Å². The number of aliphatic imine (C=N–C) groups is 1. The van der Waals surface area contributed by atoms with Gasteiger partial charge in [-0.1, -0.05) is 24.6 Å². The van der Waals surface area contributed by atoms with Gasteiger partial charge in [0.1, 0.15) is 0 Å². The molecule has 2 fully saturated rings. The van der Waals surface area contributed by atoms with Crippen LogP contribution in [-0.4, -0.2) is 87.1 Å². The molecular weight excluding hydrogens is 388 g/mol. The smallest absolute Gasteiger partial charge is 0.224 e. The summed E-state index contributed by atoms with van der Waals surface area (Å²) in [7, 11) is 1.78. The van der Waals surface area contributed by atoms with Crippen LogP contribution in [0.2, 0.25) is 0 Å². The number of guanidine groups is 1. The van der Waals surface area contributed by atoms with Gasteiger partial charge in [0.05, 0.1) is 0 Å². The molecule has 2 aliphatic rings. The third kappa shape index (κ3) is 7.42. The Hall–Kier alpha value is -2.28. The van der Waals surface area contributed by atoms with E-state index in [0.29, 0.717) is 19.0 Å². The number of likely N-dealkylation sites (tertiary alicyclic amines) is 1. The van der Waals surface area contributed by atoms with Gasteiger partial charge in [-0.05, 0) is 44.9 Å². The van der Waals surface area contributed by atoms with E-state index in [1.54, 1.807) is 7.05 Å². The molecule has 2 N–H and O–H groups in total. The molecule has 2 heterocycles. The molecule has 1 unspecified atom stereocenters. The zero-order valence-electron chi connectivity index (χ0n) is 19.4. The Labute approximate surface area is 187 Å². The molecule has 7 heteroatoms. The molecule has 1 aromatic rings. The Morgan fingerprint density at radius 1 is 1.03 bits per heavy atom. The second-order valence-corrected chi connectivity index (χ2v) is 8.61. The van der Waals surface area contributed by atoms with Crippen LogP contribution in [-0.2, 0) is 4.79 Å². The molecule has 1 amide bonds. The fourth-order valence-corrected chi connectivity index (χ4v) is 4.50. The lowest BCUT2D eigenvalue weighted by Gasteiger charge is -2.36. The summed E-state index contributed by atoms with van der Waals surface area (Å²) in [4.78, 5) is 23.8. The Morgan fingerprint density at radius 3 is 2.48 bits per heavy atom. The number of hydrogen-bond acceptors (Lipinski definition) is 4. The number of amides is 1. The maximum Gasteiger partial charge on any atom is 0.224 e. The fraction of sp³-hybridized carbons (Fsp3) is 0.667. The van der Waals surface area contributed by atoms with E-state index in [0.717, 1.165) is 51.6 Å². The Morgan fingerprint density at radius 2 is 1.77 bits per heavy atom. The van der Waals surface area contributed by atoms with Gasteiger partial charge in [-0.15, -0.1) is 0 Å². The molecule has 2 saturated heterocycles. The number of rotatable bonds is 8.